The number of Topliss-reactive ketones (excluding diaryl/α,β-unsaturated/α-hetero) is 1. The highest BCUT2D eigenvalue weighted by molar-refractivity contribution is 6.44. The van der Waals surface area contributed by atoms with Crippen LogP contribution in [-0.2, 0) is 30.3 Å². The summed E-state index contributed by atoms with van der Waals surface area (Å²) >= 11 is 0. The molecule has 188 valence electrons. The van der Waals surface area contributed by atoms with Gasteiger partial charge in [-0.2, -0.15) is 0 Å². The van der Waals surface area contributed by atoms with E-state index >= 15 is 0 Å². The molecule has 10 heteroatoms. The summed E-state index contributed by atoms with van der Waals surface area (Å²) < 4.78 is 4.82. The van der Waals surface area contributed by atoms with E-state index in [0.29, 0.717) is 0 Å². The number of rotatable bonds is 10. The summed E-state index contributed by atoms with van der Waals surface area (Å²) in [5, 5.41) is 7.58. The first-order chi connectivity index (χ1) is 16.1. The van der Waals surface area contributed by atoms with Crippen LogP contribution in [0.25, 0.3) is 0 Å². The van der Waals surface area contributed by atoms with Crippen molar-refractivity contribution in [3.8, 4) is 0 Å². The van der Waals surface area contributed by atoms with Crippen LogP contribution < -0.4 is 16.0 Å². The first kappa shape index (κ1) is 29.3. The molecule has 3 N–H and O–H groups in total. The van der Waals surface area contributed by atoms with Crippen LogP contribution in [0.15, 0.2) is 54.6 Å². The molecule has 9 nitrogen and oxygen atoms in total. The molecule has 3 amide bonds. The number of carbonyl (C=O) groups is 5. The summed E-state index contributed by atoms with van der Waals surface area (Å²) in [6, 6.07) is 13.1. The van der Waals surface area contributed by atoms with E-state index in [4.69, 9.17) is 4.74 Å². The second-order valence-electron chi connectivity index (χ2n) is 8.03. The maximum atomic E-state index is 13.0. The fraction of sp³-hybridized carbons (Fsp3) is 0.320. The van der Waals surface area contributed by atoms with Crippen molar-refractivity contribution in [1.82, 2.24) is 10.6 Å². The van der Waals surface area contributed by atoms with Crippen LogP contribution in [0.1, 0.15) is 36.7 Å². The van der Waals surface area contributed by atoms with Gasteiger partial charge in [-0.15, -0.1) is 12.4 Å². The van der Waals surface area contributed by atoms with E-state index in [-0.39, 0.29) is 30.1 Å². The molecule has 2 rings (SSSR count). The normalized spacial score (nSPS) is 11.9. The van der Waals surface area contributed by atoms with Crippen LogP contribution in [-0.4, -0.2) is 48.7 Å². The molecule has 2 atom stereocenters. The molecule has 0 bridgehead atoms. The Labute approximate surface area is 210 Å². The number of carbonyl (C=O) groups excluding carboxylic acids is 5. The van der Waals surface area contributed by atoms with Gasteiger partial charge in [0, 0.05) is 13.3 Å². The van der Waals surface area contributed by atoms with Crippen LogP contribution in [0, 0.1) is 5.92 Å². The predicted molar refractivity (Wildman–Crippen MR) is 133 cm³/mol. The maximum absolute atomic E-state index is 13.0. The molecule has 0 spiro atoms. The summed E-state index contributed by atoms with van der Waals surface area (Å²) in [6.07, 6.45) is 0.195. The zero-order valence-corrected chi connectivity index (χ0v) is 20.8. The van der Waals surface area contributed by atoms with Crippen molar-refractivity contribution in [2.45, 2.75) is 39.3 Å². The maximum Gasteiger partial charge on any atom is 0.328 e. The Morgan fingerprint density at radius 2 is 1.49 bits per heavy atom. The van der Waals surface area contributed by atoms with Gasteiger partial charge in [0.25, 0.3) is 11.7 Å². The summed E-state index contributed by atoms with van der Waals surface area (Å²) in [5.74, 6) is -3.96. The summed E-state index contributed by atoms with van der Waals surface area (Å²) in [7, 11) is 1.22. The van der Waals surface area contributed by atoms with Gasteiger partial charge in [0.1, 0.15) is 12.1 Å². The number of para-hydroxylation sites is 1. The van der Waals surface area contributed by atoms with E-state index in [2.05, 4.69) is 16.0 Å². The fourth-order valence-electron chi connectivity index (χ4n) is 3.29. The van der Waals surface area contributed by atoms with Crippen LogP contribution >= 0.6 is 12.4 Å². The number of halogens is 1. The third kappa shape index (κ3) is 8.53. The van der Waals surface area contributed by atoms with Crippen molar-refractivity contribution < 1.29 is 28.7 Å². The smallest absolute Gasteiger partial charge is 0.328 e. The van der Waals surface area contributed by atoms with Gasteiger partial charge >= 0.3 is 5.97 Å². The van der Waals surface area contributed by atoms with Gasteiger partial charge in [-0.25, -0.2) is 4.79 Å². The molecule has 0 fully saturated rings. The Hall–Kier alpha value is -3.72. The van der Waals surface area contributed by atoms with Gasteiger partial charge in [-0.05, 0) is 23.6 Å². The standard InChI is InChI=1S/C25H29N3O6.ClH/c1-15(2)21(23(31)27-20(25(33)34-4)14-17-10-6-5-7-11-17)28-24(32)22(30)18-12-8-9-13-19(18)26-16(3)29;/h5-13,15,20-21H,14H2,1-4H3,(H,26,29)(H,27,31)(H,28,32);1H/t20-,21+;/m1./s1. The highest BCUT2D eigenvalue weighted by atomic mass is 35.5. The van der Waals surface area contributed by atoms with E-state index in [0.717, 1.165) is 5.56 Å². The van der Waals surface area contributed by atoms with Crippen molar-refractivity contribution in [2.24, 2.45) is 5.92 Å². The summed E-state index contributed by atoms with van der Waals surface area (Å²) in [5.41, 5.74) is 0.997. The van der Waals surface area contributed by atoms with Gasteiger partial charge in [-0.3, -0.25) is 19.2 Å². The van der Waals surface area contributed by atoms with Crippen molar-refractivity contribution >= 4 is 47.6 Å². The lowest BCUT2D eigenvalue weighted by Gasteiger charge is -2.24. The van der Waals surface area contributed by atoms with E-state index < -0.39 is 47.5 Å². The molecule has 2 aromatic carbocycles. The molecule has 0 aliphatic rings. The lowest BCUT2D eigenvalue weighted by molar-refractivity contribution is -0.145. The first-order valence-electron chi connectivity index (χ1n) is 10.8. The topological polar surface area (TPSA) is 131 Å². The third-order valence-electron chi connectivity index (χ3n) is 5.01. The zero-order chi connectivity index (χ0) is 25.3. The van der Waals surface area contributed by atoms with Gasteiger partial charge in [-0.1, -0.05) is 56.3 Å². The molecule has 0 aromatic heterocycles. The number of ketones is 1. The van der Waals surface area contributed by atoms with Crippen LogP contribution in [0.3, 0.4) is 0 Å². The largest absolute Gasteiger partial charge is 0.467 e. The Morgan fingerprint density at radius 1 is 0.886 bits per heavy atom. The minimum Gasteiger partial charge on any atom is -0.467 e. The molecule has 0 unspecified atom stereocenters. The predicted octanol–water partition coefficient (Wildman–Crippen LogP) is 2.29. The number of nitrogens with one attached hydrogen (secondary N) is 3. The number of methoxy groups -OCH3 is 1. The van der Waals surface area contributed by atoms with Crippen molar-refractivity contribution in [2.75, 3.05) is 12.4 Å². The minimum atomic E-state index is -1.09. The van der Waals surface area contributed by atoms with Crippen LogP contribution in [0.2, 0.25) is 0 Å². The average Bonchev–Trinajstić information content (AvgIpc) is 2.81. The Balaban J connectivity index is 0.00000612. The number of esters is 1. The molecule has 0 aliphatic carbocycles. The van der Waals surface area contributed by atoms with Gasteiger partial charge < -0.3 is 20.7 Å². The molecule has 0 saturated heterocycles. The molecule has 0 aliphatic heterocycles. The highest BCUT2D eigenvalue weighted by Gasteiger charge is 2.31. The second-order valence-corrected chi connectivity index (χ2v) is 8.03. The van der Waals surface area contributed by atoms with Crippen molar-refractivity contribution in [1.29, 1.82) is 0 Å². The third-order valence-corrected chi connectivity index (χ3v) is 5.01. The SMILES string of the molecule is COC(=O)[C@@H](Cc1ccccc1)NC(=O)[C@@H](NC(=O)C(=O)c1ccccc1NC(C)=O)C(C)C.Cl. The van der Waals surface area contributed by atoms with Gasteiger partial charge in [0.15, 0.2) is 0 Å². The molecular weight excluding hydrogens is 474 g/mol. The number of anilines is 1. The first-order valence-corrected chi connectivity index (χ1v) is 10.8. The highest BCUT2D eigenvalue weighted by Crippen LogP contribution is 2.16. The Kier molecular flexibility index (Phi) is 11.6. The number of ether oxygens (including phenoxy) is 1. The monoisotopic (exact) mass is 503 g/mol. The van der Waals surface area contributed by atoms with Crippen LogP contribution in [0.5, 0.6) is 0 Å². The number of hydrogen-bond donors (Lipinski definition) is 3. The lowest BCUT2D eigenvalue weighted by Crippen LogP contribution is -2.55. The Morgan fingerprint density at radius 3 is 2.06 bits per heavy atom. The summed E-state index contributed by atoms with van der Waals surface area (Å²) in [6.45, 7) is 4.68. The van der Waals surface area contributed by atoms with Gasteiger partial charge in [0.2, 0.25) is 11.8 Å². The number of hydrogen-bond acceptors (Lipinski definition) is 6. The van der Waals surface area contributed by atoms with Crippen molar-refractivity contribution in [3.63, 3.8) is 0 Å². The average molecular weight is 504 g/mol. The van der Waals surface area contributed by atoms with E-state index in [9.17, 15) is 24.0 Å². The lowest BCUT2D eigenvalue weighted by atomic mass is 10.0. The quantitative estimate of drug-likeness (QED) is 0.259. The second kappa shape index (κ2) is 13.9. The fourth-order valence-corrected chi connectivity index (χ4v) is 3.29. The zero-order valence-electron chi connectivity index (χ0n) is 20.0. The summed E-state index contributed by atoms with van der Waals surface area (Å²) in [4.78, 5) is 62.2. The minimum absolute atomic E-state index is 0. The molecular formula is C25H30ClN3O6. The van der Waals surface area contributed by atoms with E-state index in [1.54, 1.807) is 26.0 Å². The Bertz CT molecular complexity index is 1060. The number of amides is 3. The molecule has 2 aromatic rings. The number of benzene rings is 2. The van der Waals surface area contributed by atoms with Crippen LogP contribution in [0.4, 0.5) is 5.69 Å². The van der Waals surface area contributed by atoms with Gasteiger partial charge in [0.05, 0.1) is 18.4 Å². The van der Waals surface area contributed by atoms with E-state index in [1.165, 1.54) is 26.2 Å². The van der Waals surface area contributed by atoms with Crippen molar-refractivity contribution in [3.05, 3.63) is 65.7 Å². The molecule has 0 heterocycles. The molecule has 35 heavy (non-hydrogen) atoms. The molecule has 0 radical (unpaired) electrons. The molecule has 0 saturated carbocycles. The van der Waals surface area contributed by atoms with E-state index in [1.807, 2.05) is 30.3 Å².